The number of halogens is 2. The average Bonchev–Trinajstić information content (AvgIpc) is 3.51. The lowest BCUT2D eigenvalue weighted by atomic mass is 9.86. The number of carbonyl (C=O) groups excluding carboxylic acids is 1. The van der Waals surface area contributed by atoms with E-state index in [9.17, 15) is 13.6 Å². The fraction of sp³-hybridized carbons (Fsp3) is 0.429. The van der Waals surface area contributed by atoms with Crippen molar-refractivity contribution in [3.05, 3.63) is 52.7 Å². The summed E-state index contributed by atoms with van der Waals surface area (Å²) >= 11 is 1.61. The molecule has 1 aliphatic heterocycles. The zero-order valence-electron chi connectivity index (χ0n) is 21.7. The Morgan fingerprint density at radius 3 is 2.63 bits per heavy atom. The number of amides is 2. The summed E-state index contributed by atoms with van der Waals surface area (Å²) in [7, 11) is 1.63. The molecule has 0 spiro atoms. The highest BCUT2D eigenvalue weighted by Gasteiger charge is 2.38. The fourth-order valence-electron chi connectivity index (χ4n) is 5.79. The van der Waals surface area contributed by atoms with Crippen LogP contribution in [-0.2, 0) is 13.1 Å². The van der Waals surface area contributed by atoms with E-state index in [2.05, 4.69) is 40.0 Å². The van der Waals surface area contributed by atoms with Gasteiger partial charge in [-0.05, 0) is 43.7 Å². The van der Waals surface area contributed by atoms with E-state index in [1.807, 2.05) is 19.3 Å². The minimum atomic E-state index is -2.60. The number of nitrogens with one attached hydrogen (secondary N) is 1. The molecule has 198 valence electrons. The second-order valence-corrected chi connectivity index (χ2v) is 11.6. The van der Waals surface area contributed by atoms with Crippen molar-refractivity contribution in [1.29, 1.82) is 0 Å². The number of rotatable bonds is 3. The van der Waals surface area contributed by atoms with E-state index >= 15 is 0 Å². The van der Waals surface area contributed by atoms with Gasteiger partial charge in [0.2, 0.25) is 5.92 Å². The van der Waals surface area contributed by atoms with Crippen molar-refractivity contribution in [2.75, 3.05) is 13.6 Å². The third-order valence-corrected chi connectivity index (χ3v) is 8.78. The first-order valence-corrected chi connectivity index (χ1v) is 13.8. The highest BCUT2D eigenvalue weighted by molar-refractivity contribution is 7.15. The van der Waals surface area contributed by atoms with E-state index in [1.165, 1.54) is 0 Å². The van der Waals surface area contributed by atoms with Crippen LogP contribution in [0.4, 0.5) is 13.6 Å². The van der Waals surface area contributed by atoms with Gasteiger partial charge in [-0.2, -0.15) is 0 Å². The minimum Gasteiger partial charge on any atom is -0.341 e. The zero-order chi connectivity index (χ0) is 26.6. The van der Waals surface area contributed by atoms with Crippen molar-refractivity contribution in [2.24, 2.45) is 0 Å². The molecule has 0 atom stereocenters. The maximum absolute atomic E-state index is 14.0. The number of thiazole rings is 1. The topological polar surface area (TPSA) is 75.9 Å². The number of hydrogen-bond acceptors (Lipinski definition) is 5. The molecule has 2 amide bonds. The number of aryl methyl sites for hydroxylation is 2. The molecule has 3 aromatic heterocycles. The average molecular weight is 537 g/mol. The number of fused-ring (bicyclic) bond motifs is 2. The molecule has 10 heteroatoms. The van der Waals surface area contributed by atoms with Crippen LogP contribution in [0.25, 0.3) is 32.6 Å². The molecule has 1 aromatic carbocycles. The Balaban J connectivity index is 1.49. The molecular weight excluding hydrogens is 506 g/mol. The molecular formula is C28H30F2N6OS. The molecule has 1 aliphatic carbocycles. The molecule has 6 rings (SSSR count). The molecule has 7 nitrogen and oxygen atoms in total. The van der Waals surface area contributed by atoms with Crippen molar-refractivity contribution in [3.8, 4) is 21.8 Å². The van der Waals surface area contributed by atoms with Gasteiger partial charge in [0.05, 0.1) is 33.5 Å². The minimum absolute atomic E-state index is 0.0248. The second-order valence-electron chi connectivity index (χ2n) is 10.3. The number of carbonyl (C=O) groups is 1. The molecule has 0 bridgehead atoms. The number of benzene rings is 1. The lowest BCUT2D eigenvalue weighted by Gasteiger charge is -2.32. The predicted octanol–water partition coefficient (Wildman–Crippen LogP) is 6.29. The summed E-state index contributed by atoms with van der Waals surface area (Å²) in [5.41, 5.74) is 4.68. The van der Waals surface area contributed by atoms with Crippen molar-refractivity contribution in [1.82, 2.24) is 29.7 Å². The maximum atomic E-state index is 14.0. The van der Waals surface area contributed by atoms with Crippen molar-refractivity contribution < 1.29 is 13.6 Å². The summed E-state index contributed by atoms with van der Waals surface area (Å²) in [5.74, 6) is -1.76. The lowest BCUT2D eigenvalue weighted by Crippen LogP contribution is -2.43. The maximum Gasteiger partial charge on any atom is 0.317 e. The van der Waals surface area contributed by atoms with Crippen LogP contribution in [0.2, 0.25) is 0 Å². The van der Waals surface area contributed by atoms with Gasteiger partial charge in [0.15, 0.2) is 0 Å². The first kappa shape index (κ1) is 24.9. The van der Waals surface area contributed by atoms with Gasteiger partial charge in [-0.25, -0.2) is 23.5 Å². The number of urea groups is 1. The Kier molecular flexibility index (Phi) is 6.17. The fourth-order valence-corrected chi connectivity index (χ4v) is 6.54. The molecule has 0 radical (unpaired) electrons. The molecule has 38 heavy (non-hydrogen) atoms. The van der Waals surface area contributed by atoms with Crippen LogP contribution in [0.15, 0.2) is 30.6 Å². The quantitative estimate of drug-likeness (QED) is 0.334. The first-order chi connectivity index (χ1) is 18.2. The summed E-state index contributed by atoms with van der Waals surface area (Å²) in [6.45, 7) is 5.58. The standard InChI is InChI=1S/C28H30F2N6OS/c1-16-4-5-19-12-21(23-14-32-17(2)38-23)33-13-20(19)24(16)25-22-15-35(27(37)31-3)10-11-36(22)26(34-25)18-6-8-28(29,30)9-7-18/h4-5,12-14,18H,6-11,15H2,1-3H3,(H,31,37). The molecule has 4 aromatic rings. The third-order valence-electron chi connectivity index (χ3n) is 7.84. The summed E-state index contributed by atoms with van der Waals surface area (Å²) in [5, 5.41) is 5.74. The van der Waals surface area contributed by atoms with Gasteiger partial charge in [-0.1, -0.05) is 12.1 Å². The van der Waals surface area contributed by atoms with Gasteiger partial charge >= 0.3 is 6.03 Å². The largest absolute Gasteiger partial charge is 0.341 e. The Labute approximate surface area is 223 Å². The Bertz CT molecular complexity index is 1530. The van der Waals surface area contributed by atoms with E-state index in [-0.39, 0.29) is 24.8 Å². The van der Waals surface area contributed by atoms with Gasteiger partial charge in [-0.3, -0.25) is 4.98 Å². The molecule has 0 unspecified atom stereocenters. The SMILES string of the molecule is CNC(=O)N1CCn2c(C3CCC(F)(F)CC3)nc(-c3c(C)ccc4cc(-c5cnc(C)s5)ncc34)c2C1. The van der Waals surface area contributed by atoms with Crippen LogP contribution < -0.4 is 5.32 Å². The highest BCUT2D eigenvalue weighted by Crippen LogP contribution is 2.43. The summed E-state index contributed by atoms with van der Waals surface area (Å²) in [6.07, 6.45) is 4.34. The number of hydrogen-bond donors (Lipinski definition) is 1. The molecule has 4 heterocycles. The lowest BCUT2D eigenvalue weighted by molar-refractivity contribution is -0.0390. The molecule has 2 aliphatic rings. The smallest absolute Gasteiger partial charge is 0.317 e. The van der Waals surface area contributed by atoms with E-state index in [1.54, 1.807) is 23.3 Å². The van der Waals surface area contributed by atoms with Crippen LogP contribution >= 0.6 is 11.3 Å². The van der Waals surface area contributed by atoms with Crippen LogP contribution in [0.5, 0.6) is 0 Å². The molecule has 1 saturated carbocycles. The summed E-state index contributed by atoms with van der Waals surface area (Å²) < 4.78 is 30.1. The molecule has 0 saturated heterocycles. The molecule has 1 fully saturated rings. The van der Waals surface area contributed by atoms with Gasteiger partial charge in [0.1, 0.15) is 5.82 Å². The van der Waals surface area contributed by atoms with Crippen LogP contribution in [-0.4, -0.2) is 50.0 Å². The summed E-state index contributed by atoms with van der Waals surface area (Å²) in [4.78, 5) is 29.7. The van der Waals surface area contributed by atoms with Crippen LogP contribution in [0.1, 0.15) is 53.7 Å². The summed E-state index contributed by atoms with van der Waals surface area (Å²) in [6, 6.07) is 6.12. The van der Waals surface area contributed by atoms with E-state index in [0.29, 0.717) is 32.5 Å². The van der Waals surface area contributed by atoms with Crippen LogP contribution in [0, 0.1) is 13.8 Å². The highest BCUT2D eigenvalue weighted by atomic mass is 32.1. The van der Waals surface area contributed by atoms with E-state index in [4.69, 9.17) is 9.97 Å². The number of aromatic nitrogens is 4. The van der Waals surface area contributed by atoms with E-state index < -0.39 is 5.92 Å². The number of imidazole rings is 1. The van der Waals surface area contributed by atoms with Crippen molar-refractivity contribution >= 4 is 28.1 Å². The van der Waals surface area contributed by atoms with Gasteiger partial charge in [0, 0.05) is 62.2 Å². The van der Waals surface area contributed by atoms with Crippen molar-refractivity contribution in [2.45, 2.75) is 64.5 Å². The number of pyridine rings is 1. The van der Waals surface area contributed by atoms with Gasteiger partial charge in [-0.15, -0.1) is 11.3 Å². The third kappa shape index (κ3) is 4.34. The Morgan fingerprint density at radius 2 is 1.92 bits per heavy atom. The normalized spacial score (nSPS) is 17.6. The first-order valence-electron chi connectivity index (χ1n) is 13.0. The van der Waals surface area contributed by atoms with Crippen LogP contribution in [0.3, 0.4) is 0 Å². The Morgan fingerprint density at radius 1 is 1.13 bits per heavy atom. The second kappa shape index (κ2) is 9.41. The van der Waals surface area contributed by atoms with E-state index in [0.717, 1.165) is 54.7 Å². The number of alkyl halides is 2. The zero-order valence-corrected chi connectivity index (χ0v) is 22.5. The monoisotopic (exact) mass is 536 g/mol. The van der Waals surface area contributed by atoms with Gasteiger partial charge in [0.25, 0.3) is 0 Å². The van der Waals surface area contributed by atoms with Crippen molar-refractivity contribution in [3.63, 3.8) is 0 Å². The molecule has 1 N–H and O–H groups in total. The number of nitrogens with zero attached hydrogens (tertiary/aromatic N) is 5. The van der Waals surface area contributed by atoms with Gasteiger partial charge < -0.3 is 14.8 Å². The predicted molar refractivity (Wildman–Crippen MR) is 145 cm³/mol. The Hall–Kier alpha value is -3.40.